The zero-order chi connectivity index (χ0) is 14.5. The van der Waals surface area contributed by atoms with Crippen molar-refractivity contribution in [1.29, 1.82) is 0 Å². The first-order valence-electron chi connectivity index (χ1n) is 7.10. The van der Waals surface area contributed by atoms with Crippen LogP contribution in [0.1, 0.15) is 30.8 Å². The summed E-state index contributed by atoms with van der Waals surface area (Å²) in [5.74, 6) is 1.96. The van der Waals surface area contributed by atoms with Gasteiger partial charge in [0, 0.05) is 25.2 Å². The highest BCUT2D eigenvalue weighted by molar-refractivity contribution is 5.73. The highest BCUT2D eigenvalue weighted by Crippen LogP contribution is 2.21. The first-order valence-corrected chi connectivity index (χ1v) is 7.10. The number of piperidine rings is 1. The van der Waals surface area contributed by atoms with E-state index in [0.717, 1.165) is 49.8 Å². The van der Waals surface area contributed by atoms with Crippen molar-refractivity contribution in [1.82, 2.24) is 14.9 Å². The third-order valence-corrected chi connectivity index (χ3v) is 3.72. The number of carbonyl (C=O) groups excluding carboxylic acids is 1. The summed E-state index contributed by atoms with van der Waals surface area (Å²) in [5.41, 5.74) is 6.23. The number of rotatable bonds is 5. The molecule has 6 heteroatoms. The molecule has 0 unspecified atom stereocenters. The molecule has 0 aliphatic carbocycles. The summed E-state index contributed by atoms with van der Waals surface area (Å²) in [6.45, 7) is 4.69. The average Bonchev–Trinajstić information content (AvgIpc) is 2.39. The highest BCUT2D eigenvalue weighted by atomic mass is 16.1. The standard InChI is InChI=1S/C14H23N5O/c1-10-7-13(16-2)18-14(17-10)9-19-5-3-11(4-6-19)8-12(15)20/h7,11H,3-6,8-9H2,1-2H3,(H2,15,20)(H,16,17,18). The van der Waals surface area contributed by atoms with Crippen LogP contribution in [0.5, 0.6) is 0 Å². The highest BCUT2D eigenvalue weighted by Gasteiger charge is 2.21. The monoisotopic (exact) mass is 277 g/mol. The smallest absolute Gasteiger partial charge is 0.217 e. The third kappa shape index (κ3) is 4.16. The van der Waals surface area contributed by atoms with Crippen LogP contribution < -0.4 is 11.1 Å². The van der Waals surface area contributed by atoms with Crippen LogP contribution >= 0.6 is 0 Å². The topological polar surface area (TPSA) is 84.1 Å². The maximum absolute atomic E-state index is 10.9. The molecule has 0 aromatic carbocycles. The molecule has 1 aliphatic heterocycles. The van der Waals surface area contributed by atoms with Crippen LogP contribution in [0.25, 0.3) is 0 Å². The second-order valence-electron chi connectivity index (χ2n) is 5.45. The van der Waals surface area contributed by atoms with Crippen molar-refractivity contribution < 1.29 is 4.79 Å². The van der Waals surface area contributed by atoms with Gasteiger partial charge in [0.2, 0.25) is 5.91 Å². The van der Waals surface area contributed by atoms with Crippen LogP contribution in [0.2, 0.25) is 0 Å². The van der Waals surface area contributed by atoms with E-state index in [1.807, 2.05) is 20.0 Å². The zero-order valence-corrected chi connectivity index (χ0v) is 12.2. The van der Waals surface area contributed by atoms with Gasteiger partial charge in [0.25, 0.3) is 0 Å². The summed E-state index contributed by atoms with van der Waals surface area (Å²) < 4.78 is 0. The second-order valence-corrected chi connectivity index (χ2v) is 5.45. The van der Waals surface area contributed by atoms with Gasteiger partial charge in [0.1, 0.15) is 11.6 Å². The van der Waals surface area contributed by atoms with Crippen LogP contribution in [-0.4, -0.2) is 40.9 Å². The van der Waals surface area contributed by atoms with Crippen LogP contribution in [0, 0.1) is 12.8 Å². The minimum absolute atomic E-state index is 0.191. The van der Waals surface area contributed by atoms with E-state index in [-0.39, 0.29) is 5.91 Å². The Bertz CT molecular complexity index is 469. The fourth-order valence-corrected chi connectivity index (χ4v) is 2.66. The molecule has 1 aromatic rings. The molecule has 0 spiro atoms. The Labute approximate surface area is 119 Å². The van der Waals surface area contributed by atoms with Gasteiger partial charge in [-0.15, -0.1) is 0 Å². The van der Waals surface area contributed by atoms with E-state index < -0.39 is 0 Å². The number of nitrogens with zero attached hydrogens (tertiary/aromatic N) is 3. The summed E-state index contributed by atoms with van der Waals surface area (Å²) in [5, 5.41) is 3.05. The summed E-state index contributed by atoms with van der Waals surface area (Å²) in [7, 11) is 1.86. The number of nitrogens with two attached hydrogens (primary N) is 1. The number of aryl methyl sites for hydroxylation is 1. The number of hydrogen-bond donors (Lipinski definition) is 2. The number of aromatic nitrogens is 2. The molecule has 6 nitrogen and oxygen atoms in total. The lowest BCUT2D eigenvalue weighted by atomic mass is 9.93. The van der Waals surface area contributed by atoms with E-state index in [2.05, 4.69) is 20.2 Å². The molecule has 1 amide bonds. The minimum atomic E-state index is -0.191. The van der Waals surface area contributed by atoms with Gasteiger partial charge in [0.15, 0.2) is 0 Å². The molecule has 1 saturated heterocycles. The van der Waals surface area contributed by atoms with Crippen molar-refractivity contribution >= 4 is 11.7 Å². The van der Waals surface area contributed by atoms with Crippen LogP contribution in [0.15, 0.2) is 6.07 Å². The number of anilines is 1. The molecule has 3 N–H and O–H groups in total. The fourth-order valence-electron chi connectivity index (χ4n) is 2.66. The first-order chi connectivity index (χ1) is 9.56. The Morgan fingerprint density at radius 2 is 2.15 bits per heavy atom. The van der Waals surface area contributed by atoms with Gasteiger partial charge in [-0.25, -0.2) is 9.97 Å². The zero-order valence-electron chi connectivity index (χ0n) is 12.2. The fraction of sp³-hybridized carbons (Fsp3) is 0.643. The Morgan fingerprint density at radius 1 is 1.45 bits per heavy atom. The van der Waals surface area contributed by atoms with Crippen molar-refractivity contribution in [3.63, 3.8) is 0 Å². The Kier molecular flexibility index (Phi) is 4.89. The molecule has 0 atom stereocenters. The van der Waals surface area contributed by atoms with E-state index in [0.29, 0.717) is 12.3 Å². The Balaban J connectivity index is 1.89. The lowest BCUT2D eigenvalue weighted by Gasteiger charge is -2.30. The van der Waals surface area contributed by atoms with Gasteiger partial charge in [-0.1, -0.05) is 0 Å². The molecule has 1 aliphatic rings. The van der Waals surface area contributed by atoms with Crippen molar-refractivity contribution in [2.75, 3.05) is 25.5 Å². The summed E-state index contributed by atoms with van der Waals surface area (Å²) >= 11 is 0. The molecular formula is C14H23N5O. The Morgan fingerprint density at radius 3 is 2.75 bits per heavy atom. The van der Waals surface area contributed by atoms with Gasteiger partial charge >= 0.3 is 0 Å². The third-order valence-electron chi connectivity index (χ3n) is 3.72. The number of carbonyl (C=O) groups is 1. The lowest BCUT2D eigenvalue weighted by Crippen LogP contribution is -2.35. The van der Waals surface area contributed by atoms with E-state index in [4.69, 9.17) is 5.73 Å². The van der Waals surface area contributed by atoms with Gasteiger partial charge in [0.05, 0.1) is 6.54 Å². The van der Waals surface area contributed by atoms with Crippen LogP contribution in [0.3, 0.4) is 0 Å². The number of primary amides is 1. The molecule has 1 aromatic heterocycles. The molecule has 0 radical (unpaired) electrons. The second kappa shape index (κ2) is 6.65. The molecule has 2 heterocycles. The number of amides is 1. The van der Waals surface area contributed by atoms with Crippen molar-refractivity contribution in [2.45, 2.75) is 32.7 Å². The maximum atomic E-state index is 10.9. The van der Waals surface area contributed by atoms with Crippen molar-refractivity contribution in [3.05, 3.63) is 17.6 Å². The molecule has 2 rings (SSSR count). The number of nitrogens with one attached hydrogen (secondary N) is 1. The predicted octanol–water partition coefficient (Wildman–Crippen LogP) is 0.914. The van der Waals surface area contributed by atoms with E-state index in [1.165, 1.54) is 0 Å². The van der Waals surface area contributed by atoms with E-state index in [9.17, 15) is 4.79 Å². The van der Waals surface area contributed by atoms with Crippen molar-refractivity contribution in [3.8, 4) is 0 Å². The molecule has 1 fully saturated rings. The van der Waals surface area contributed by atoms with Gasteiger partial charge in [-0.2, -0.15) is 0 Å². The quantitative estimate of drug-likeness (QED) is 0.836. The number of likely N-dealkylation sites (tertiary alicyclic amines) is 1. The maximum Gasteiger partial charge on any atom is 0.217 e. The molecule has 20 heavy (non-hydrogen) atoms. The summed E-state index contributed by atoms with van der Waals surface area (Å²) in [6, 6.07) is 1.93. The first kappa shape index (κ1) is 14.7. The minimum Gasteiger partial charge on any atom is -0.373 e. The van der Waals surface area contributed by atoms with Gasteiger partial charge < -0.3 is 11.1 Å². The van der Waals surface area contributed by atoms with Crippen LogP contribution in [0.4, 0.5) is 5.82 Å². The average molecular weight is 277 g/mol. The predicted molar refractivity (Wildman–Crippen MR) is 78.1 cm³/mol. The molecule has 110 valence electrons. The summed E-state index contributed by atoms with van der Waals surface area (Å²) in [4.78, 5) is 22.2. The lowest BCUT2D eigenvalue weighted by molar-refractivity contribution is -0.119. The largest absolute Gasteiger partial charge is 0.373 e. The van der Waals surface area contributed by atoms with E-state index in [1.54, 1.807) is 0 Å². The van der Waals surface area contributed by atoms with Crippen LogP contribution in [-0.2, 0) is 11.3 Å². The summed E-state index contributed by atoms with van der Waals surface area (Å²) in [6.07, 6.45) is 2.56. The van der Waals surface area contributed by atoms with Crippen molar-refractivity contribution in [2.24, 2.45) is 11.7 Å². The van der Waals surface area contributed by atoms with Gasteiger partial charge in [-0.3, -0.25) is 9.69 Å². The SMILES string of the molecule is CNc1cc(C)nc(CN2CCC(CC(N)=O)CC2)n1. The molecule has 0 saturated carbocycles. The van der Waals surface area contributed by atoms with E-state index >= 15 is 0 Å². The Hall–Kier alpha value is -1.69. The molecular weight excluding hydrogens is 254 g/mol. The van der Waals surface area contributed by atoms with Gasteiger partial charge in [-0.05, 0) is 38.8 Å². The number of hydrogen-bond acceptors (Lipinski definition) is 5. The molecule has 0 bridgehead atoms. The normalized spacial score (nSPS) is 17.1.